The molecule has 0 radical (unpaired) electrons. The number of carbonyl (C=O) groups is 2. The molecule has 2 amide bonds. The summed E-state index contributed by atoms with van der Waals surface area (Å²) in [5.41, 5.74) is 1.85. The van der Waals surface area contributed by atoms with E-state index in [9.17, 15) is 9.59 Å². The summed E-state index contributed by atoms with van der Waals surface area (Å²) in [6.45, 7) is 2.79. The highest BCUT2D eigenvalue weighted by atomic mass is 16.5. The molecular weight excluding hydrogens is 370 g/mol. The van der Waals surface area contributed by atoms with Crippen LogP contribution in [0.15, 0.2) is 48.5 Å². The van der Waals surface area contributed by atoms with Crippen molar-refractivity contribution in [1.29, 1.82) is 0 Å². The molecule has 0 aromatic heterocycles. The lowest BCUT2D eigenvalue weighted by atomic mass is 10.2. The molecule has 2 aromatic rings. The van der Waals surface area contributed by atoms with E-state index in [2.05, 4.69) is 15.5 Å². The smallest absolute Gasteiger partial charge is 0.233 e. The molecule has 7 nitrogen and oxygen atoms in total. The van der Waals surface area contributed by atoms with Crippen LogP contribution in [0, 0.1) is 0 Å². The number of ether oxygens (including phenoxy) is 2. The van der Waals surface area contributed by atoms with Crippen LogP contribution in [0.1, 0.15) is 19.3 Å². The summed E-state index contributed by atoms with van der Waals surface area (Å²) in [6.07, 6.45) is 2.22. The summed E-state index contributed by atoms with van der Waals surface area (Å²) < 4.78 is 10.6. The van der Waals surface area contributed by atoms with Crippen molar-refractivity contribution in [1.82, 2.24) is 5.32 Å². The van der Waals surface area contributed by atoms with Crippen molar-refractivity contribution >= 4 is 23.2 Å². The monoisotopic (exact) mass is 397 g/mol. The lowest BCUT2D eigenvalue weighted by molar-refractivity contribution is -0.126. The molecule has 3 rings (SSSR count). The predicted octanol–water partition coefficient (Wildman–Crippen LogP) is 2.82. The highest BCUT2D eigenvalue weighted by Crippen LogP contribution is 2.22. The van der Waals surface area contributed by atoms with E-state index in [1.165, 1.54) is 12.8 Å². The maximum absolute atomic E-state index is 12.1. The molecule has 0 atom stereocenters. The lowest BCUT2D eigenvalue weighted by Gasteiger charge is -2.17. The molecule has 154 valence electrons. The van der Waals surface area contributed by atoms with Crippen LogP contribution in [0.2, 0.25) is 0 Å². The quantitative estimate of drug-likeness (QED) is 0.502. The Bertz CT molecular complexity index is 800. The van der Waals surface area contributed by atoms with Crippen LogP contribution in [0.3, 0.4) is 0 Å². The van der Waals surface area contributed by atoms with Crippen molar-refractivity contribution in [2.45, 2.75) is 19.3 Å². The van der Waals surface area contributed by atoms with Crippen molar-refractivity contribution < 1.29 is 19.1 Å². The Labute approximate surface area is 171 Å². The van der Waals surface area contributed by atoms with Crippen LogP contribution in [0.5, 0.6) is 11.5 Å². The molecule has 0 bridgehead atoms. The molecule has 1 heterocycles. The minimum absolute atomic E-state index is 0.226. The van der Waals surface area contributed by atoms with Crippen LogP contribution in [0.25, 0.3) is 0 Å². The SMILES string of the molecule is COc1ccc(OCCNC(=O)CC(=O)Nc2ccc(N3CCCC3)cc2)cc1. The molecule has 1 saturated heterocycles. The first-order chi connectivity index (χ1) is 14.1. The molecule has 0 aliphatic carbocycles. The Morgan fingerprint density at radius 1 is 0.931 bits per heavy atom. The molecule has 2 aromatic carbocycles. The summed E-state index contributed by atoms with van der Waals surface area (Å²) in [4.78, 5) is 26.3. The molecule has 1 fully saturated rings. The number of hydrogen-bond donors (Lipinski definition) is 2. The minimum Gasteiger partial charge on any atom is -0.497 e. The first kappa shape index (κ1) is 20.5. The third kappa shape index (κ3) is 6.41. The highest BCUT2D eigenvalue weighted by molar-refractivity contribution is 6.03. The molecule has 2 N–H and O–H groups in total. The van der Waals surface area contributed by atoms with Crippen LogP contribution < -0.4 is 25.0 Å². The van der Waals surface area contributed by atoms with Crippen LogP contribution in [0.4, 0.5) is 11.4 Å². The van der Waals surface area contributed by atoms with Gasteiger partial charge >= 0.3 is 0 Å². The van der Waals surface area contributed by atoms with Crippen LogP contribution in [-0.2, 0) is 9.59 Å². The van der Waals surface area contributed by atoms with Gasteiger partial charge in [-0.1, -0.05) is 0 Å². The largest absolute Gasteiger partial charge is 0.497 e. The van der Waals surface area contributed by atoms with Gasteiger partial charge in [-0.25, -0.2) is 0 Å². The van der Waals surface area contributed by atoms with Crippen LogP contribution >= 0.6 is 0 Å². The standard InChI is InChI=1S/C22H27N3O4/c1-28-19-8-10-20(11-9-19)29-15-12-23-21(26)16-22(27)24-17-4-6-18(7-5-17)25-13-2-3-14-25/h4-11H,2-3,12-16H2,1H3,(H,23,26)(H,24,27). The van der Waals surface area contributed by atoms with E-state index in [4.69, 9.17) is 9.47 Å². The van der Waals surface area contributed by atoms with Gasteiger partial charge in [-0.3, -0.25) is 9.59 Å². The number of anilines is 2. The van der Waals surface area contributed by atoms with Gasteiger partial charge < -0.3 is 25.0 Å². The summed E-state index contributed by atoms with van der Waals surface area (Å²) in [5, 5.41) is 5.44. The second-order valence-electron chi connectivity index (χ2n) is 6.84. The molecule has 7 heteroatoms. The fourth-order valence-electron chi connectivity index (χ4n) is 3.18. The molecular formula is C22H27N3O4. The van der Waals surface area contributed by atoms with Gasteiger partial charge in [0.1, 0.15) is 24.5 Å². The molecule has 0 unspecified atom stereocenters. The number of nitrogens with one attached hydrogen (secondary N) is 2. The van der Waals surface area contributed by atoms with Gasteiger partial charge in [-0.2, -0.15) is 0 Å². The Kier molecular flexibility index (Phi) is 7.33. The number of rotatable bonds is 9. The van der Waals surface area contributed by atoms with Gasteiger partial charge in [0.15, 0.2) is 0 Å². The van der Waals surface area contributed by atoms with Gasteiger partial charge in [0.2, 0.25) is 11.8 Å². The summed E-state index contributed by atoms with van der Waals surface area (Å²) >= 11 is 0. The Hall–Kier alpha value is -3.22. The highest BCUT2D eigenvalue weighted by Gasteiger charge is 2.13. The third-order valence-corrected chi connectivity index (χ3v) is 4.70. The number of carbonyl (C=O) groups excluding carboxylic acids is 2. The maximum Gasteiger partial charge on any atom is 0.233 e. The van der Waals surface area contributed by atoms with Crippen molar-refractivity contribution in [3.63, 3.8) is 0 Å². The topological polar surface area (TPSA) is 79.9 Å². The van der Waals surface area contributed by atoms with Crippen molar-refractivity contribution in [2.24, 2.45) is 0 Å². The van der Waals surface area contributed by atoms with E-state index in [1.807, 2.05) is 24.3 Å². The Morgan fingerprint density at radius 3 is 2.24 bits per heavy atom. The van der Waals surface area contributed by atoms with Crippen LogP contribution in [-0.4, -0.2) is 45.2 Å². The van der Waals surface area contributed by atoms with Crippen molar-refractivity contribution in [3.8, 4) is 11.5 Å². The molecule has 1 aliphatic rings. The Balaban J connectivity index is 1.33. The fourth-order valence-corrected chi connectivity index (χ4v) is 3.18. The van der Waals surface area contributed by atoms with Crippen molar-refractivity contribution in [3.05, 3.63) is 48.5 Å². The zero-order valence-corrected chi connectivity index (χ0v) is 16.6. The molecule has 29 heavy (non-hydrogen) atoms. The second-order valence-corrected chi connectivity index (χ2v) is 6.84. The fraction of sp³-hybridized carbons (Fsp3) is 0.364. The number of hydrogen-bond acceptors (Lipinski definition) is 5. The first-order valence-corrected chi connectivity index (χ1v) is 9.82. The predicted molar refractivity (Wildman–Crippen MR) is 113 cm³/mol. The van der Waals surface area contributed by atoms with E-state index in [0.717, 1.165) is 24.5 Å². The number of benzene rings is 2. The number of amides is 2. The van der Waals surface area contributed by atoms with Gasteiger partial charge in [-0.05, 0) is 61.4 Å². The van der Waals surface area contributed by atoms with E-state index < -0.39 is 0 Å². The van der Waals surface area contributed by atoms with Gasteiger partial charge in [0, 0.05) is 24.5 Å². The Morgan fingerprint density at radius 2 is 1.59 bits per heavy atom. The average Bonchev–Trinajstić information content (AvgIpc) is 3.27. The lowest BCUT2D eigenvalue weighted by Crippen LogP contribution is -2.31. The van der Waals surface area contributed by atoms with E-state index in [0.29, 0.717) is 24.6 Å². The first-order valence-electron chi connectivity index (χ1n) is 9.82. The maximum atomic E-state index is 12.1. The van der Waals surface area contributed by atoms with E-state index >= 15 is 0 Å². The summed E-state index contributed by atoms with van der Waals surface area (Å²) in [7, 11) is 1.60. The summed E-state index contributed by atoms with van der Waals surface area (Å²) in [6, 6.07) is 14.9. The zero-order chi connectivity index (χ0) is 20.5. The zero-order valence-electron chi connectivity index (χ0n) is 16.6. The van der Waals surface area contributed by atoms with Gasteiger partial charge in [-0.15, -0.1) is 0 Å². The number of methoxy groups -OCH3 is 1. The normalized spacial score (nSPS) is 13.1. The number of nitrogens with zero attached hydrogens (tertiary/aromatic N) is 1. The van der Waals surface area contributed by atoms with Crippen molar-refractivity contribution in [2.75, 3.05) is 43.6 Å². The van der Waals surface area contributed by atoms with Gasteiger partial charge in [0.25, 0.3) is 0 Å². The minimum atomic E-state index is -0.340. The second kappa shape index (κ2) is 10.4. The van der Waals surface area contributed by atoms with E-state index in [1.54, 1.807) is 31.4 Å². The average molecular weight is 397 g/mol. The van der Waals surface area contributed by atoms with E-state index in [-0.39, 0.29) is 18.2 Å². The molecule has 1 aliphatic heterocycles. The third-order valence-electron chi connectivity index (χ3n) is 4.70. The summed E-state index contributed by atoms with van der Waals surface area (Å²) in [5.74, 6) is 0.763. The van der Waals surface area contributed by atoms with Gasteiger partial charge in [0.05, 0.1) is 13.7 Å². The molecule has 0 spiro atoms. The molecule has 0 saturated carbocycles.